The number of likely N-dealkylation sites (tertiary alicyclic amines) is 1. The molecule has 1 saturated heterocycles. The molecule has 1 aliphatic heterocycles. The molecule has 1 fully saturated rings. The van der Waals surface area contributed by atoms with Crippen molar-refractivity contribution < 1.29 is 5.11 Å². The second kappa shape index (κ2) is 7.76. The van der Waals surface area contributed by atoms with Gasteiger partial charge in [-0.1, -0.05) is 12.1 Å². The number of thiophene rings is 1. The van der Waals surface area contributed by atoms with E-state index in [0.29, 0.717) is 12.0 Å². The fraction of sp³-hybridized carbons (Fsp3) is 0.667. The minimum atomic E-state index is 0.248. The Morgan fingerprint density at radius 2 is 2.25 bits per heavy atom. The highest BCUT2D eigenvalue weighted by Crippen LogP contribution is 2.37. The van der Waals surface area contributed by atoms with E-state index in [1.807, 2.05) is 24.6 Å². The van der Waals surface area contributed by atoms with Crippen LogP contribution >= 0.6 is 11.3 Å². The summed E-state index contributed by atoms with van der Waals surface area (Å²) in [6.07, 6.45) is 6.25. The van der Waals surface area contributed by atoms with Gasteiger partial charge in [0.1, 0.15) is 0 Å². The zero-order chi connectivity index (χ0) is 17.1. The van der Waals surface area contributed by atoms with E-state index in [-0.39, 0.29) is 6.61 Å². The van der Waals surface area contributed by atoms with E-state index in [2.05, 4.69) is 35.1 Å². The summed E-state index contributed by atoms with van der Waals surface area (Å²) in [4.78, 5) is 5.36. The molecule has 6 heteroatoms. The van der Waals surface area contributed by atoms with Gasteiger partial charge in [-0.2, -0.15) is 0 Å². The fourth-order valence-electron chi connectivity index (χ4n) is 3.73. The zero-order valence-corrected chi connectivity index (χ0v) is 15.7. The van der Waals surface area contributed by atoms with Crippen LogP contribution in [0.1, 0.15) is 53.6 Å². The molecular weight excluding hydrogens is 320 g/mol. The minimum Gasteiger partial charge on any atom is -0.396 e. The molecule has 0 aliphatic carbocycles. The average molecular weight is 349 g/mol. The van der Waals surface area contributed by atoms with Crippen LogP contribution in [0.2, 0.25) is 0 Å². The largest absolute Gasteiger partial charge is 0.396 e. The SMILES string of the molecule is CCc1cc(C2CCN(Cc3cn(C)nn3)[C@@H](C)C2)c(CCO)s1. The molecule has 1 aliphatic rings. The first-order valence-corrected chi connectivity index (χ1v) is 9.74. The van der Waals surface area contributed by atoms with E-state index in [9.17, 15) is 5.11 Å². The van der Waals surface area contributed by atoms with Gasteiger partial charge in [-0.15, -0.1) is 16.4 Å². The molecule has 0 bridgehead atoms. The highest BCUT2D eigenvalue weighted by molar-refractivity contribution is 7.12. The van der Waals surface area contributed by atoms with Gasteiger partial charge in [-0.05, 0) is 50.3 Å². The Morgan fingerprint density at radius 1 is 1.42 bits per heavy atom. The van der Waals surface area contributed by atoms with Gasteiger partial charge in [0, 0.05) is 48.6 Å². The average Bonchev–Trinajstić information content (AvgIpc) is 3.16. The van der Waals surface area contributed by atoms with E-state index < -0.39 is 0 Å². The maximum atomic E-state index is 9.37. The van der Waals surface area contributed by atoms with Crippen LogP contribution < -0.4 is 0 Å². The van der Waals surface area contributed by atoms with Crippen LogP contribution in [0.4, 0.5) is 0 Å². The van der Waals surface area contributed by atoms with E-state index in [1.165, 1.54) is 28.2 Å². The first kappa shape index (κ1) is 17.6. The molecular formula is C18H28N4OS. The summed E-state index contributed by atoms with van der Waals surface area (Å²) in [6, 6.07) is 2.93. The Morgan fingerprint density at radius 3 is 2.88 bits per heavy atom. The van der Waals surface area contributed by atoms with Gasteiger partial charge in [-0.25, -0.2) is 0 Å². The molecule has 0 amide bonds. The molecule has 2 atom stereocenters. The molecule has 5 nitrogen and oxygen atoms in total. The Labute approximate surface area is 148 Å². The predicted molar refractivity (Wildman–Crippen MR) is 97.3 cm³/mol. The van der Waals surface area contributed by atoms with Crippen LogP contribution in [0.25, 0.3) is 0 Å². The molecule has 0 spiro atoms. The predicted octanol–water partition coefficient (Wildman–Crippen LogP) is 2.74. The summed E-state index contributed by atoms with van der Waals surface area (Å²) in [6.45, 7) is 6.76. The van der Waals surface area contributed by atoms with Crippen molar-refractivity contribution in [2.24, 2.45) is 7.05 Å². The monoisotopic (exact) mass is 348 g/mol. The second-order valence-electron chi connectivity index (χ2n) is 6.84. The van der Waals surface area contributed by atoms with Gasteiger partial charge >= 0.3 is 0 Å². The smallest absolute Gasteiger partial charge is 0.0967 e. The number of aliphatic hydroxyl groups is 1. The summed E-state index contributed by atoms with van der Waals surface area (Å²) in [5, 5.41) is 17.6. The lowest BCUT2D eigenvalue weighted by molar-refractivity contribution is 0.137. The van der Waals surface area contributed by atoms with Gasteiger partial charge in [0.05, 0.1) is 5.69 Å². The molecule has 2 aromatic rings. The molecule has 0 saturated carbocycles. The molecule has 2 aromatic heterocycles. The molecule has 3 heterocycles. The van der Waals surface area contributed by atoms with Crippen molar-refractivity contribution in [2.75, 3.05) is 13.2 Å². The van der Waals surface area contributed by atoms with Gasteiger partial charge < -0.3 is 5.11 Å². The zero-order valence-electron chi connectivity index (χ0n) is 14.9. The second-order valence-corrected chi connectivity index (χ2v) is 8.06. The minimum absolute atomic E-state index is 0.248. The van der Waals surface area contributed by atoms with Crippen LogP contribution in [-0.4, -0.2) is 44.2 Å². The van der Waals surface area contributed by atoms with Crippen molar-refractivity contribution in [3.05, 3.63) is 33.3 Å². The van der Waals surface area contributed by atoms with Gasteiger partial charge in [-0.3, -0.25) is 9.58 Å². The topological polar surface area (TPSA) is 54.2 Å². The van der Waals surface area contributed by atoms with E-state index in [0.717, 1.165) is 31.6 Å². The van der Waals surface area contributed by atoms with Crippen LogP contribution in [0.3, 0.4) is 0 Å². The van der Waals surface area contributed by atoms with Crippen LogP contribution in [0.15, 0.2) is 12.3 Å². The Hall–Kier alpha value is -1.24. The van der Waals surface area contributed by atoms with E-state index in [1.54, 1.807) is 4.68 Å². The van der Waals surface area contributed by atoms with Crippen molar-refractivity contribution in [1.29, 1.82) is 0 Å². The van der Waals surface area contributed by atoms with E-state index >= 15 is 0 Å². The molecule has 1 N–H and O–H groups in total. The molecule has 0 aromatic carbocycles. The standard InChI is InChI=1S/C18H28N4OS/c1-4-16-10-17(18(24-16)6-8-23)14-5-7-22(13(2)9-14)12-15-11-21(3)20-19-15/h10-11,13-14,23H,4-9,12H2,1-3H3/t13-,14?/m0/s1. The number of hydrogen-bond acceptors (Lipinski definition) is 5. The van der Waals surface area contributed by atoms with E-state index in [4.69, 9.17) is 0 Å². The number of aromatic nitrogens is 3. The van der Waals surface area contributed by atoms with Crippen LogP contribution in [0, 0.1) is 0 Å². The summed E-state index contributed by atoms with van der Waals surface area (Å²) < 4.78 is 1.77. The molecule has 0 radical (unpaired) electrons. The highest BCUT2D eigenvalue weighted by Gasteiger charge is 2.29. The Kier molecular flexibility index (Phi) is 5.69. The number of hydrogen-bond donors (Lipinski definition) is 1. The van der Waals surface area contributed by atoms with Crippen molar-refractivity contribution in [2.45, 2.75) is 58.0 Å². The quantitative estimate of drug-likeness (QED) is 0.872. The van der Waals surface area contributed by atoms with Crippen molar-refractivity contribution >= 4 is 11.3 Å². The number of rotatable bonds is 6. The third kappa shape index (κ3) is 3.87. The summed E-state index contributed by atoms with van der Waals surface area (Å²) in [7, 11) is 1.91. The maximum absolute atomic E-state index is 9.37. The van der Waals surface area contributed by atoms with Gasteiger partial charge in [0.2, 0.25) is 0 Å². The Balaban J connectivity index is 1.67. The lowest BCUT2D eigenvalue weighted by Crippen LogP contribution is -2.39. The fourth-order valence-corrected chi connectivity index (χ4v) is 4.91. The number of aryl methyl sites for hydroxylation is 2. The highest BCUT2D eigenvalue weighted by atomic mass is 32.1. The first-order chi connectivity index (χ1) is 11.6. The first-order valence-electron chi connectivity index (χ1n) is 8.92. The van der Waals surface area contributed by atoms with Gasteiger partial charge in [0.25, 0.3) is 0 Å². The normalized spacial score (nSPS) is 22.2. The third-order valence-corrected chi connectivity index (χ3v) is 6.40. The lowest BCUT2D eigenvalue weighted by Gasteiger charge is -2.37. The molecule has 132 valence electrons. The maximum Gasteiger partial charge on any atom is 0.0967 e. The van der Waals surface area contributed by atoms with Gasteiger partial charge in [0.15, 0.2) is 0 Å². The summed E-state index contributed by atoms with van der Waals surface area (Å²) in [5.74, 6) is 0.621. The van der Waals surface area contributed by atoms with Crippen molar-refractivity contribution in [1.82, 2.24) is 19.9 Å². The Bertz CT molecular complexity index is 666. The van der Waals surface area contributed by atoms with Crippen molar-refractivity contribution in [3.8, 4) is 0 Å². The number of nitrogens with zero attached hydrogens (tertiary/aromatic N) is 4. The lowest BCUT2D eigenvalue weighted by atomic mass is 9.85. The van der Waals surface area contributed by atoms with Crippen LogP contribution in [0.5, 0.6) is 0 Å². The number of aliphatic hydroxyl groups excluding tert-OH is 1. The molecule has 24 heavy (non-hydrogen) atoms. The van der Waals surface area contributed by atoms with Crippen molar-refractivity contribution in [3.63, 3.8) is 0 Å². The summed E-state index contributed by atoms with van der Waals surface area (Å²) >= 11 is 1.89. The molecule has 1 unspecified atom stereocenters. The third-order valence-electron chi connectivity index (χ3n) is 5.05. The molecule has 3 rings (SSSR count). The van der Waals surface area contributed by atoms with Crippen LogP contribution in [-0.2, 0) is 26.4 Å². The number of piperidine rings is 1. The summed E-state index contributed by atoms with van der Waals surface area (Å²) in [5.41, 5.74) is 2.55.